The van der Waals surface area contributed by atoms with E-state index in [9.17, 15) is 14.4 Å². The number of anilines is 3. The first-order valence-electron chi connectivity index (χ1n) is 12.6. The van der Waals surface area contributed by atoms with E-state index in [1.807, 2.05) is 20.8 Å². The normalized spacial score (nSPS) is 11.0. The topological polar surface area (TPSA) is 147 Å². The first-order chi connectivity index (χ1) is 19.1. The van der Waals surface area contributed by atoms with E-state index in [1.165, 1.54) is 0 Å². The summed E-state index contributed by atoms with van der Waals surface area (Å²) >= 11 is 0. The molecule has 2 aromatic heterocycles. The molecule has 206 valence electrons. The fraction of sp³-hybridized carbons (Fsp3) is 0.207. The van der Waals surface area contributed by atoms with Gasteiger partial charge in [-0.3, -0.25) is 19.9 Å². The third kappa shape index (κ3) is 7.67. The first kappa shape index (κ1) is 27.8. The molecule has 0 fully saturated rings. The van der Waals surface area contributed by atoms with E-state index in [0.29, 0.717) is 34.4 Å². The summed E-state index contributed by atoms with van der Waals surface area (Å²) in [5.41, 5.74) is 2.08. The van der Waals surface area contributed by atoms with Crippen molar-refractivity contribution in [3.8, 4) is 17.2 Å². The molecule has 0 atom stereocenters. The summed E-state index contributed by atoms with van der Waals surface area (Å²) in [7, 11) is 0. The van der Waals surface area contributed by atoms with Gasteiger partial charge in [-0.25, -0.2) is 9.48 Å². The molecule has 0 spiro atoms. The quantitative estimate of drug-likeness (QED) is 0.209. The lowest BCUT2D eigenvalue weighted by Gasteiger charge is -2.14. The number of rotatable bonds is 9. The summed E-state index contributed by atoms with van der Waals surface area (Å²) in [4.78, 5) is 39.8. The SMILES string of the molecule is CC(C)(C)c1cc(NC(=O)Nc2ccc(Oc3cccnc3)cc2)n(-c2cccc(NC(=O)CCC(=O)O)c2)n1. The highest BCUT2D eigenvalue weighted by Gasteiger charge is 2.22. The zero-order valence-corrected chi connectivity index (χ0v) is 22.3. The number of aromatic nitrogens is 3. The molecule has 11 heteroatoms. The van der Waals surface area contributed by atoms with Gasteiger partial charge in [-0.2, -0.15) is 5.10 Å². The van der Waals surface area contributed by atoms with Crippen LogP contribution in [0.15, 0.2) is 79.1 Å². The van der Waals surface area contributed by atoms with Gasteiger partial charge in [0.15, 0.2) is 0 Å². The number of carbonyl (C=O) groups is 3. The molecule has 2 heterocycles. The van der Waals surface area contributed by atoms with Crippen LogP contribution in [0.4, 0.5) is 22.0 Å². The minimum Gasteiger partial charge on any atom is -0.481 e. The Morgan fingerprint density at radius 2 is 1.65 bits per heavy atom. The van der Waals surface area contributed by atoms with Gasteiger partial charge in [0.1, 0.15) is 17.3 Å². The fourth-order valence-corrected chi connectivity index (χ4v) is 3.62. The molecular formula is C29H30N6O5. The van der Waals surface area contributed by atoms with Gasteiger partial charge >= 0.3 is 12.0 Å². The van der Waals surface area contributed by atoms with Crippen LogP contribution >= 0.6 is 0 Å². The van der Waals surface area contributed by atoms with Gasteiger partial charge in [0.05, 0.1) is 24.0 Å². The lowest BCUT2D eigenvalue weighted by molar-refractivity contribution is -0.138. The second-order valence-corrected chi connectivity index (χ2v) is 9.96. The molecule has 0 radical (unpaired) electrons. The summed E-state index contributed by atoms with van der Waals surface area (Å²) in [6.07, 6.45) is 2.87. The maximum atomic E-state index is 12.9. The van der Waals surface area contributed by atoms with E-state index in [-0.39, 0.29) is 18.3 Å². The van der Waals surface area contributed by atoms with Crippen LogP contribution < -0.4 is 20.7 Å². The second-order valence-electron chi connectivity index (χ2n) is 9.96. The van der Waals surface area contributed by atoms with Crippen LogP contribution in [-0.2, 0) is 15.0 Å². The Hall–Kier alpha value is -5.19. The van der Waals surface area contributed by atoms with Crippen molar-refractivity contribution >= 4 is 35.1 Å². The third-order valence-electron chi connectivity index (χ3n) is 5.64. The van der Waals surface area contributed by atoms with Crippen molar-refractivity contribution in [1.29, 1.82) is 0 Å². The predicted molar refractivity (Wildman–Crippen MR) is 151 cm³/mol. The molecule has 11 nitrogen and oxygen atoms in total. The number of hydrogen-bond donors (Lipinski definition) is 4. The summed E-state index contributed by atoms with van der Waals surface area (Å²) in [6.45, 7) is 6.03. The zero-order valence-electron chi connectivity index (χ0n) is 22.3. The number of carboxylic acid groups (broad SMARTS) is 1. The number of carbonyl (C=O) groups excluding carboxylic acids is 2. The molecule has 0 aliphatic rings. The van der Waals surface area contributed by atoms with Crippen molar-refractivity contribution in [1.82, 2.24) is 14.8 Å². The highest BCUT2D eigenvalue weighted by molar-refractivity contribution is 5.99. The molecule has 3 amide bonds. The average Bonchev–Trinajstić information content (AvgIpc) is 3.34. The maximum absolute atomic E-state index is 12.9. The molecule has 0 unspecified atom stereocenters. The summed E-state index contributed by atoms with van der Waals surface area (Å²) in [6, 6.07) is 18.7. The largest absolute Gasteiger partial charge is 0.481 e. The standard InChI is InChI=1S/C29H30N6O5/c1-29(2,3)24-17-25(35(34-24)21-7-4-6-20(16-21)31-26(36)13-14-27(37)38)33-28(39)32-19-9-11-22(12-10-19)40-23-8-5-15-30-18-23/h4-12,15-18H,13-14H2,1-3H3,(H,31,36)(H,37,38)(H2,32,33,39). The number of ether oxygens (including phenoxy) is 1. The van der Waals surface area contributed by atoms with E-state index in [4.69, 9.17) is 14.9 Å². The van der Waals surface area contributed by atoms with Crippen LogP contribution in [0.5, 0.6) is 11.5 Å². The molecule has 40 heavy (non-hydrogen) atoms. The highest BCUT2D eigenvalue weighted by Crippen LogP contribution is 2.28. The monoisotopic (exact) mass is 542 g/mol. The first-order valence-corrected chi connectivity index (χ1v) is 12.6. The van der Waals surface area contributed by atoms with Crippen LogP contribution in [0.2, 0.25) is 0 Å². The Balaban J connectivity index is 1.49. The van der Waals surface area contributed by atoms with Crippen molar-refractivity contribution in [2.24, 2.45) is 0 Å². The van der Waals surface area contributed by atoms with Crippen molar-refractivity contribution in [2.45, 2.75) is 39.0 Å². The van der Waals surface area contributed by atoms with Crippen LogP contribution in [0.25, 0.3) is 5.69 Å². The molecule has 4 aromatic rings. The van der Waals surface area contributed by atoms with E-state index in [0.717, 1.165) is 5.69 Å². The zero-order chi connectivity index (χ0) is 28.7. The number of urea groups is 1. The predicted octanol–water partition coefficient (Wildman–Crippen LogP) is 5.80. The lowest BCUT2D eigenvalue weighted by atomic mass is 9.92. The van der Waals surface area contributed by atoms with E-state index in [1.54, 1.807) is 83.8 Å². The second kappa shape index (κ2) is 12.1. The van der Waals surface area contributed by atoms with Crippen molar-refractivity contribution in [3.63, 3.8) is 0 Å². The number of hydrogen-bond acceptors (Lipinski definition) is 6. The fourth-order valence-electron chi connectivity index (χ4n) is 3.62. The lowest BCUT2D eigenvalue weighted by Crippen LogP contribution is -2.21. The Kier molecular flexibility index (Phi) is 8.43. The summed E-state index contributed by atoms with van der Waals surface area (Å²) < 4.78 is 7.32. The summed E-state index contributed by atoms with van der Waals surface area (Å²) in [5.74, 6) is 0.172. The van der Waals surface area contributed by atoms with Gasteiger partial charge in [-0.1, -0.05) is 26.8 Å². The molecule has 0 aliphatic carbocycles. The number of benzene rings is 2. The number of aliphatic carboxylic acids is 1. The highest BCUT2D eigenvalue weighted by atomic mass is 16.5. The van der Waals surface area contributed by atoms with Crippen molar-refractivity contribution in [3.05, 3.63) is 84.8 Å². The van der Waals surface area contributed by atoms with Gasteiger partial charge in [0.2, 0.25) is 5.91 Å². The molecule has 0 saturated carbocycles. The van der Waals surface area contributed by atoms with Crippen LogP contribution in [0.1, 0.15) is 39.3 Å². The molecule has 0 aliphatic heterocycles. The Morgan fingerprint density at radius 3 is 2.33 bits per heavy atom. The Labute approximate surface area is 231 Å². The number of amides is 3. The number of nitrogens with zero attached hydrogens (tertiary/aromatic N) is 3. The Bertz CT molecular complexity index is 1490. The van der Waals surface area contributed by atoms with Gasteiger partial charge < -0.3 is 20.5 Å². The number of pyridine rings is 1. The van der Waals surface area contributed by atoms with Crippen LogP contribution in [0, 0.1) is 0 Å². The molecule has 0 bridgehead atoms. The van der Waals surface area contributed by atoms with Gasteiger partial charge in [-0.15, -0.1) is 0 Å². The van der Waals surface area contributed by atoms with Crippen molar-refractivity contribution < 1.29 is 24.2 Å². The Morgan fingerprint density at radius 1 is 0.875 bits per heavy atom. The van der Waals surface area contributed by atoms with Gasteiger partial charge in [-0.05, 0) is 54.6 Å². The third-order valence-corrected chi connectivity index (χ3v) is 5.64. The average molecular weight is 543 g/mol. The van der Waals surface area contributed by atoms with Crippen LogP contribution in [-0.4, -0.2) is 37.8 Å². The number of nitrogens with one attached hydrogen (secondary N) is 3. The van der Waals surface area contributed by atoms with Gasteiger partial charge in [0, 0.05) is 35.5 Å². The summed E-state index contributed by atoms with van der Waals surface area (Å²) in [5, 5.41) is 21.9. The van der Waals surface area contributed by atoms with E-state index >= 15 is 0 Å². The number of carboxylic acids is 1. The molecule has 4 N–H and O–H groups in total. The molecule has 2 aromatic carbocycles. The van der Waals surface area contributed by atoms with Crippen molar-refractivity contribution in [2.75, 3.05) is 16.0 Å². The maximum Gasteiger partial charge on any atom is 0.324 e. The smallest absolute Gasteiger partial charge is 0.324 e. The van der Waals surface area contributed by atoms with Crippen LogP contribution in [0.3, 0.4) is 0 Å². The minimum atomic E-state index is -1.04. The van der Waals surface area contributed by atoms with Gasteiger partial charge in [0.25, 0.3) is 0 Å². The van der Waals surface area contributed by atoms with E-state index < -0.39 is 17.9 Å². The van der Waals surface area contributed by atoms with E-state index in [2.05, 4.69) is 20.9 Å². The molecular weight excluding hydrogens is 512 g/mol. The molecule has 0 saturated heterocycles. The minimum absolute atomic E-state index is 0.140. The molecule has 4 rings (SSSR count).